The molecule has 0 amide bonds. The Morgan fingerprint density at radius 2 is 2.11 bits per heavy atom. The lowest BCUT2D eigenvalue weighted by Crippen LogP contribution is -2.20. The molecule has 1 N–H and O–H groups in total. The molecule has 5 nitrogen and oxygen atoms in total. The fourth-order valence-electron chi connectivity index (χ4n) is 1.40. The predicted molar refractivity (Wildman–Crippen MR) is 58.4 cm³/mol. The van der Waals surface area contributed by atoms with Crippen LogP contribution in [0.15, 0.2) is 6.20 Å². The quantitative estimate of drug-likeness (QED) is 0.845. The van der Waals surface area contributed by atoms with Crippen molar-refractivity contribution in [1.82, 2.24) is 4.98 Å². The number of carboxylic acids is 1. The van der Waals surface area contributed by atoms with Gasteiger partial charge in [-0.3, -0.25) is 4.79 Å². The van der Waals surface area contributed by atoms with Crippen molar-refractivity contribution in [3.63, 3.8) is 0 Å². The molecule has 0 bridgehead atoms. The lowest BCUT2D eigenvalue weighted by Gasteiger charge is -2.15. The molecular formula is C10H9ClF3NO4. The average Bonchev–Trinajstić information content (AvgIpc) is 2.28. The molecule has 0 aromatic carbocycles. The number of ether oxygens (including phenoxy) is 2. The normalized spacial score (nSPS) is 11.2. The van der Waals surface area contributed by atoms with Crippen LogP contribution in [0.5, 0.6) is 11.6 Å². The number of hydrogen-bond acceptors (Lipinski definition) is 4. The van der Waals surface area contributed by atoms with Crippen molar-refractivity contribution in [2.24, 2.45) is 0 Å². The van der Waals surface area contributed by atoms with Crippen molar-refractivity contribution in [2.75, 3.05) is 7.11 Å². The van der Waals surface area contributed by atoms with Gasteiger partial charge in [0, 0.05) is 11.1 Å². The summed E-state index contributed by atoms with van der Waals surface area (Å²) in [6, 6.07) is 0. The van der Waals surface area contributed by atoms with Crippen molar-refractivity contribution >= 4 is 17.6 Å². The molecule has 1 heterocycles. The predicted octanol–water partition coefficient (Wildman–Crippen LogP) is 2.35. The van der Waals surface area contributed by atoms with E-state index >= 15 is 0 Å². The van der Waals surface area contributed by atoms with Gasteiger partial charge in [0.1, 0.15) is 5.75 Å². The first-order valence-corrected chi connectivity index (χ1v) is 5.40. The molecule has 9 heteroatoms. The summed E-state index contributed by atoms with van der Waals surface area (Å²) in [6.45, 7) is 0. The Morgan fingerprint density at radius 1 is 1.47 bits per heavy atom. The number of carboxylic acid groups (broad SMARTS) is 1. The van der Waals surface area contributed by atoms with Crippen LogP contribution in [-0.4, -0.2) is 29.5 Å². The van der Waals surface area contributed by atoms with Gasteiger partial charge in [0.15, 0.2) is 0 Å². The minimum atomic E-state index is -4.97. The summed E-state index contributed by atoms with van der Waals surface area (Å²) >= 11 is 5.61. The average molecular weight is 300 g/mol. The van der Waals surface area contributed by atoms with E-state index in [9.17, 15) is 18.0 Å². The van der Waals surface area contributed by atoms with Crippen LogP contribution in [0.4, 0.5) is 13.2 Å². The fraction of sp³-hybridized carbons (Fsp3) is 0.400. The first-order valence-electron chi connectivity index (χ1n) is 4.86. The topological polar surface area (TPSA) is 68.7 Å². The van der Waals surface area contributed by atoms with Crippen molar-refractivity contribution in [3.05, 3.63) is 17.3 Å². The number of halogens is 4. The summed E-state index contributed by atoms with van der Waals surface area (Å²) in [5.74, 6) is -2.32. The lowest BCUT2D eigenvalue weighted by molar-refractivity contribution is -0.276. The molecule has 1 aromatic rings. The second-order valence-corrected chi connectivity index (χ2v) is 3.61. The highest BCUT2D eigenvalue weighted by Crippen LogP contribution is 2.32. The highest BCUT2D eigenvalue weighted by atomic mass is 35.5. The van der Waals surface area contributed by atoms with Crippen LogP contribution in [0.1, 0.15) is 11.1 Å². The highest BCUT2D eigenvalue weighted by Gasteiger charge is 2.34. The molecule has 1 rings (SSSR count). The summed E-state index contributed by atoms with van der Waals surface area (Å²) < 4.78 is 45.2. The third kappa shape index (κ3) is 4.16. The zero-order chi connectivity index (χ0) is 14.6. The van der Waals surface area contributed by atoms with E-state index in [2.05, 4.69) is 9.72 Å². The number of aliphatic carboxylic acids is 1. The van der Waals surface area contributed by atoms with E-state index in [4.69, 9.17) is 21.4 Å². The monoisotopic (exact) mass is 299 g/mol. The van der Waals surface area contributed by atoms with Gasteiger partial charge >= 0.3 is 12.3 Å². The van der Waals surface area contributed by atoms with Crippen LogP contribution in [0.3, 0.4) is 0 Å². The van der Waals surface area contributed by atoms with Gasteiger partial charge < -0.3 is 14.6 Å². The summed E-state index contributed by atoms with van der Waals surface area (Å²) in [6.07, 6.45) is -4.69. The maximum atomic E-state index is 12.2. The van der Waals surface area contributed by atoms with Gasteiger partial charge in [0.05, 0.1) is 25.6 Å². The van der Waals surface area contributed by atoms with Crippen molar-refractivity contribution in [3.8, 4) is 11.6 Å². The summed E-state index contributed by atoms with van der Waals surface area (Å²) in [5, 5.41) is 8.72. The molecular weight excluding hydrogens is 291 g/mol. The first kappa shape index (κ1) is 15.4. The van der Waals surface area contributed by atoms with E-state index in [1.54, 1.807) is 0 Å². The fourth-order valence-corrected chi connectivity index (χ4v) is 1.70. The van der Waals surface area contributed by atoms with Gasteiger partial charge in [-0.25, -0.2) is 4.98 Å². The molecule has 0 saturated heterocycles. The number of carbonyl (C=O) groups is 1. The third-order valence-corrected chi connectivity index (χ3v) is 2.38. The van der Waals surface area contributed by atoms with Gasteiger partial charge in [-0.05, 0) is 0 Å². The SMILES string of the molecule is COc1cnc(OC(F)(F)F)c(CC(=O)O)c1CCl. The number of methoxy groups -OCH3 is 1. The Balaban J connectivity index is 3.33. The molecule has 1 aromatic heterocycles. The van der Waals surface area contributed by atoms with Gasteiger partial charge in [-0.15, -0.1) is 24.8 Å². The Kier molecular flexibility index (Phi) is 4.82. The second kappa shape index (κ2) is 5.96. The highest BCUT2D eigenvalue weighted by molar-refractivity contribution is 6.17. The number of rotatable bonds is 5. The molecule has 0 unspecified atom stereocenters. The van der Waals surface area contributed by atoms with Gasteiger partial charge in [-0.1, -0.05) is 0 Å². The third-order valence-electron chi connectivity index (χ3n) is 2.11. The van der Waals surface area contributed by atoms with E-state index in [1.165, 1.54) is 7.11 Å². The molecule has 106 valence electrons. The lowest BCUT2D eigenvalue weighted by atomic mass is 10.1. The number of aromatic nitrogens is 1. The van der Waals surface area contributed by atoms with E-state index in [0.29, 0.717) is 0 Å². The van der Waals surface area contributed by atoms with Crippen molar-refractivity contribution in [1.29, 1.82) is 0 Å². The van der Waals surface area contributed by atoms with Gasteiger partial charge in [-0.2, -0.15) is 0 Å². The number of alkyl halides is 4. The van der Waals surface area contributed by atoms with Crippen LogP contribution in [0.2, 0.25) is 0 Å². The second-order valence-electron chi connectivity index (χ2n) is 3.34. The minimum absolute atomic E-state index is 0.0979. The van der Waals surface area contributed by atoms with E-state index < -0.39 is 24.6 Å². The summed E-state index contributed by atoms with van der Waals surface area (Å²) in [7, 11) is 1.27. The van der Waals surface area contributed by atoms with Crippen LogP contribution < -0.4 is 9.47 Å². The van der Waals surface area contributed by atoms with Crippen LogP contribution in [0.25, 0.3) is 0 Å². The number of pyridine rings is 1. The van der Waals surface area contributed by atoms with Crippen molar-refractivity contribution < 1.29 is 32.5 Å². The first-order chi connectivity index (χ1) is 8.78. The largest absolute Gasteiger partial charge is 0.574 e. The molecule has 0 spiro atoms. The van der Waals surface area contributed by atoms with Gasteiger partial charge in [0.2, 0.25) is 5.88 Å². The number of hydrogen-bond donors (Lipinski definition) is 1. The summed E-state index contributed by atoms with van der Waals surface area (Å²) in [5.41, 5.74) is -0.167. The smallest absolute Gasteiger partial charge is 0.495 e. The Hall–Kier alpha value is -1.70. The van der Waals surface area contributed by atoms with Crippen LogP contribution in [-0.2, 0) is 17.1 Å². The Labute approximate surface area is 110 Å². The Morgan fingerprint density at radius 3 is 2.53 bits per heavy atom. The molecule has 0 fully saturated rings. The minimum Gasteiger partial charge on any atom is -0.495 e. The Bertz CT molecular complexity index is 479. The zero-order valence-corrected chi connectivity index (χ0v) is 10.4. The molecule has 0 aliphatic heterocycles. The molecule has 0 aliphatic carbocycles. The molecule has 0 atom stereocenters. The van der Waals surface area contributed by atoms with Crippen molar-refractivity contribution in [2.45, 2.75) is 18.7 Å². The summed E-state index contributed by atoms with van der Waals surface area (Å²) in [4.78, 5) is 14.1. The van der Waals surface area contributed by atoms with E-state index in [-0.39, 0.29) is 22.8 Å². The molecule has 0 aliphatic rings. The van der Waals surface area contributed by atoms with Crippen LogP contribution in [0, 0.1) is 0 Å². The maximum absolute atomic E-state index is 12.2. The standard InChI is InChI=1S/C10H9ClF3NO4/c1-18-7-4-15-9(19-10(12,13)14)5(2-8(16)17)6(7)3-11/h4H,2-3H2,1H3,(H,16,17). The van der Waals surface area contributed by atoms with E-state index in [1.807, 2.05) is 0 Å². The van der Waals surface area contributed by atoms with Crippen LogP contribution >= 0.6 is 11.6 Å². The zero-order valence-electron chi connectivity index (χ0n) is 9.62. The molecule has 19 heavy (non-hydrogen) atoms. The molecule has 0 radical (unpaired) electrons. The maximum Gasteiger partial charge on any atom is 0.574 e. The van der Waals surface area contributed by atoms with E-state index in [0.717, 1.165) is 6.20 Å². The number of nitrogens with zero attached hydrogens (tertiary/aromatic N) is 1. The molecule has 0 saturated carbocycles. The van der Waals surface area contributed by atoms with Gasteiger partial charge in [0.25, 0.3) is 0 Å².